The lowest BCUT2D eigenvalue weighted by atomic mass is 10.2. The van der Waals surface area contributed by atoms with Crippen LogP contribution in [0.15, 0.2) is 52.6 Å². The first kappa shape index (κ1) is 24.5. The van der Waals surface area contributed by atoms with Crippen LogP contribution in [0.3, 0.4) is 0 Å². The van der Waals surface area contributed by atoms with Crippen molar-refractivity contribution in [3.63, 3.8) is 0 Å². The van der Waals surface area contributed by atoms with Crippen molar-refractivity contribution in [2.45, 2.75) is 38.3 Å². The van der Waals surface area contributed by atoms with Crippen LogP contribution in [-0.2, 0) is 19.5 Å². The molecule has 0 amide bonds. The molecule has 0 unspecified atom stereocenters. The van der Waals surface area contributed by atoms with Gasteiger partial charge in [0.1, 0.15) is 12.2 Å². The van der Waals surface area contributed by atoms with Gasteiger partial charge >= 0.3 is 0 Å². The first-order valence-electron chi connectivity index (χ1n) is 9.17. The Kier molecular flexibility index (Phi) is 11.2. The van der Waals surface area contributed by atoms with Crippen LogP contribution in [-0.4, -0.2) is 52.0 Å². The summed E-state index contributed by atoms with van der Waals surface area (Å²) in [5.74, 6) is 1.87. The third-order valence-corrected chi connectivity index (χ3v) is 4.83. The molecule has 0 radical (unpaired) electrons. The van der Waals surface area contributed by atoms with Gasteiger partial charge in [0, 0.05) is 38.0 Å². The van der Waals surface area contributed by atoms with Crippen molar-refractivity contribution in [3.8, 4) is 0 Å². The average molecular weight is 514 g/mol. The molecule has 0 fully saturated rings. The van der Waals surface area contributed by atoms with Gasteiger partial charge in [-0.1, -0.05) is 31.2 Å². The standard InChI is InChI=1S/C20H30N6S.HI/c1-6-19-24-23-15-26(19)12-11-21-20(22-13-16(2)3)25(4)14-17-7-9-18(27-5)10-8-17;/h7-10,15H,2,6,11-14H2,1,3-5H3,(H,21,22);1H. The monoisotopic (exact) mass is 514 g/mol. The van der Waals surface area contributed by atoms with Crippen molar-refractivity contribution >= 4 is 41.7 Å². The Morgan fingerprint density at radius 1 is 1.32 bits per heavy atom. The number of nitrogens with one attached hydrogen (secondary N) is 1. The van der Waals surface area contributed by atoms with Gasteiger partial charge in [0.15, 0.2) is 5.96 Å². The van der Waals surface area contributed by atoms with Gasteiger partial charge in [0.25, 0.3) is 0 Å². The van der Waals surface area contributed by atoms with Gasteiger partial charge in [-0.3, -0.25) is 0 Å². The topological polar surface area (TPSA) is 58.3 Å². The number of hydrogen-bond donors (Lipinski definition) is 1. The van der Waals surface area contributed by atoms with E-state index >= 15 is 0 Å². The zero-order chi connectivity index (χ0) is 19.6. The smallest absolute Gasteiger partial charge is 0.194 e. The quantitative estimate of drug-likeness (QED) is 0.181. The SMILES string of the molecule is C=C(C)CN=C(NCCn1cnnc1CC)N(C)Cc1ccc(SC)cc1.I. The zero-order valence-corrected chi connectivity index (χ0v) is 20.3. The van der Waals surface area contributed by atoms with E-state index in [1.54, 1.807) is 18.1 Å². The maximum Gasteiger partial charge on any atom is 0.194 e. The Hall–Kier alpha value is -1.55. The van der Waals surface area contributed by atoms with E-state index in [1.165, 1.54) is 10.5 Å². The van der Waals surface area contributed by atoms with Crippen LogP contribution in [0.25, 0.3) is 0 Å². The second-order valence-corrected chi connectivity index (χ2v) is 7.40. The van der Waals surface area contributed by atoms with Gasteiger partial charge in [-0.2, -0.15) is 0 Å². The minimum absolute atomic E-state index is 0. The van der Waals surface area contributed by atoms with E-state index in [-0.39, 0.29) is 24.0 Å². The summed E-state index contributed by atoms with van der Waals surface area (Å²) in [7, 11) is 2.06. The summed E-state index contributed by atoms with van der Waals surface area (Å²) >= 11 is 1.75. The van der Waals surface area contributed by atoms with Crippen LogP contribution >= 0.6 is 35.7 Å². The summed E-state index contributed by atoms with van der Waals surface area (Å²) in [6.07, 6.45) is 4.75. The van der Waals surface area contributed by atoms with E-state index < -0.39 is 0 Å². The molecule has 1 aromatic heterocycles. The summed E-state index contributed by atoms with van der Waals surface area (Å²) in [6.45, 7) is 11.0. The molecule has 8 heteroatoms. The number of hydrogen-bond acceptors (Lipinski definition) is 4. The van der Waals surface area contributed by atoms with Crippen molar-refractivity contribution in [3.05, 3.63) is 54.1 Å². The third-order valence-electron chi connectivity index (χ3n) is 4.09. The second kappa shape index (κ2) is 12.8. The molecule has 0 saturated carbocycles. The Morgan fingerprint density at radius 3 is 2.64 bits per heavy atom. The number of guanidine groups is 1. The molecule has 0 aliphatic carbocycles. The van der Waals surface area contributed by atoms with Crippen LogP contribution in [0.4, 0.5) is 0 Å². The molecule has 0 spiro atoms. The summed E-state index contributed by atoms with van der Waals surface area (Å²) < 4.78 is 2.07. The van der Waals surface area contributed by atoms with Gasteiger partial charge in [0.2, 0.25) is 0 Å². The van der Waals surface area contributed by atoms with Crippen LogP contribution in [0, 0.1) is 0 Å². The molecule has 1 N–H and O–H groups in total. The Labute approximate surface area is 189 Å². The van der Waals surface area contributed by atoms with Crippen LogP contribution in [0.5, 0.6) is 0 Å². The summed E-state index contributed by atoms with van der Waals surface area (Å²) in [5.41, 5.74) is 2.30. The number of halogens is 1. The van der Waals surface area contributed by atoms with Gasteiger partial charge in [-0.05, 0) is 30.9 Å². The van der Waals surface area contributed by atoms with Crippen LogP contribution < -0.4 is 5.32 Å². The number of nitrogens with zero attached hydrogens (tertiary/aromatic N) is 5. The number of thioether (sulfide) groups is 1. The molecule has 2 rings (SSSR count). The summed E-state index contributed by atoms with van der Waals surface area (Å²) in [5, 5.41) is 11.6. The highest BCUT2D eigenvalue weighted by Crippen LogP contribution is 2.15. The number of benzene rings is 1. The zero-order valence-electron chi connectivity index (χ0n) is 17.2. The highest BCUT2D eigenvalue weighted by atomic mass is 127. The van der Waals surface area contributed by atoms with Gasteiger partial charge in [-0.25, -0.2) is 4.99 Å². The van der Waals surface area contributed by atoms with Crippen molar-refractivity contribution in [2.75, 3.05) is 26.4 Å². The van der Waals surface area contributed by atoms with Crippen LogP contribution in [0.2, 0.25) is 0 Å². The molecule has 28 heavy (non-hydrogen) atoms. The normalized spacial score (nSPS) is 11.1. The number of aromatic nitrogens is 3. The van der Waals surface area contributed by atoms with E-state index in [1.807, 2.05) is 6.92 Å². The molecule has 0 saturated heterocycles. The highest BCUT2D eigenvalue weighted by Gasteiger charge is 2.08. The molecule has 6 nitrogen and oxygen atoms in total. The Balaban J connectivity index is 0.00000392. The third kappa shape index (κ3) is 7.83. The number of rotatable bonds is 9. The van der Waals surface area contributed by atoms with Crippen LogP contribution in [0.1, 0.15) is 25.2 Å². The highest BCUT2D eigenvalue weighted by molar-refractivity contribution is 14.0. The fraction of sp³-hybridized carbons (Fsp3) is 0.450. The van der Waals surface area contributed by atoms with Crippen molar-refractivity contribution < 1.29 is 0 Å². The number of aryl methyl sites for hydroxylation is 1. The Morgan fingerprint density at radius 2 is 2.04 bits per heavy atom. The first-order valence-corrected chi connectivity index (χ1v) is 10.4. The fourth-order valence-electron chi connectivity index (χ4n) is 2.63. The summed E-state index contributed by atoms with van der Waals surface area (Å²) in [4.78, 5) is 8.12. The lowest BCUT2D eigenvalue weighted by Crippen LogP contribution is -2.40. The van der Waals surface area contributed by atoms with E-state index in [2.05, 4.69) is 76.1 Å². The van der Waals surface area contributed by atoms with E-state index in [0.717, 1.165) is 43.4 Å². The molecule has 2 aromatic rings. The molecule has 1 heterocycles. The van der Waals surface area contributed by atoms with Gasteiger partial charge < -0.3 is 14.8 Å². The first-order chi connectivity index (χ1) is 13.0. The number of aliphatic imine (C=N–C) groups is 1. The fourth-order valence-corrected chi connectivity index (χ4v) is 3.04. The molecule has 0 atom stereocenters. The summed E-state index contributed by atoms with van der Waals surface area (Å²) in [6, 6.07) is 8.65. The molecule has 154 valence electrons. The predicted molar refractivity (Wildman–Crippen MR) is 130 cm³/mol. The van der Waals surface area contributed by atoms with E-state index in [0.29, 0.717) is 6.54 Å². The lowest BCUT2D eigenvalue weighted by molar-refractivity contribution is 0.471. The minimum Gasteiger partial charge on any atom is -0.354 e. The van der Waals surface area contributed by atoms with Gasteiger partial charge in [0.05, 0.1) is 6.54 Å². The maximum atomic E-state index is 4.70. The van der Waals surface area contributed by atoms with Crippen molar-refractivity contribution in [1.82, 2.24) is 25.0 Å². The molecule has 1 aromatic carbocycles. The molecular formula is C20H31IN6S. The van der Waals surface area contributed by atoms with Crippen molar-refractivity contribution in [1.29, 1.82) is 0 Å². The van der Waals surface area contributed by atoms with E-state index in [9.17, 15) is 0 Å². The van der Waals surface area contributed by atoms with E-state index in [4.69, 9.17) is 4.99 Å². The van der Waals surface area contributed by atoms with Crippen molar-refractivity contribution in [2.24, 2.45) is 4.99 Å². The average Bonchev–Trinajstić information content (AvgIpc) is 3.12. The lowest BCUT2D eigenvalue weighted by Gasteiger charge is -2.23. The Bertz CT molecular complexity index is 756. The molecule has 0 bridgehead atoms. The molecule has 0 aliphatic heterocycles. The second-order valence-electron chi connectivity index (χ2n) is 6.52. The predicted octanol–water partition coefficient (Wildman–Crippen LogP) is 3.83. The largest absolute Gasteiger partial charge is 0.354 e. The van der Waals surface area contributed by atoms with Gasteiger partial charge in [-0.15, -0.1) is 45.9 Å². The maximum absolute atomic E-state index is 4.70. The molecular weight excluding hydrogens is 483 g/mol. The molecule has 0 aliphatic rings. The minimum atomic E-state index is 0.